The zero-order valence-electron chi connectivity index (χ0n) is 19.8. The van der Waals surface area contributed by atoms with Crippen molar-refractivity contribution in [3.63, 3.8) is 0 Å². The number of rotatable bonds is 3. The Morgan fingerprint density at radius 1 is 0.815 bits per heavy atom. The third-order valence-electron chi connectivity index (χ3n) is 5.43. The van der Waals surface area contributed by atoms with Gasteiger partial charge in [-0.05, 0) is 24.1 Å². The van der Waals surface area contributed by atoms with E-state index in [1.165, 1.54) is 22.6 Å². The van der Waals surface area contributed by atoms with Crippen LogP contribution in [0.2, 0.25) is 0 Å². The summed E-state index contributed by atoms with van der Waals surface area (Å²) in [5.74, 6) is 0. The average molecular weight is 372 g/mol. The summed E-state index contributed by atoms with van der Waals surface area (Å²) >= 11 is 0. The number of H-pyrrole nitrogens is 1. The molecular weight excluding hydrogens is 330 g/mol. The SMILES string of the molecule is Cn1nc(C(C)(C)C)cc1C(C)(C)Cc1cc(C(C)(C)C)[nH]c1C(C)(C)C. The van der Waals surface area contributed by atoms with Crippen molar-refractivity contribution in [2.45, 2.75) is 104 Å². The van der Waals surface area contributed by atoms with E-state index in [0.717, 1.165) is 12.1 Å². The molecule has 0 fully saturated rings. The Labute approximate surface area is 167 Å². The molecule has 152 valence electrons. The molecule has 0 amide bonds. The van der Waals surface area contributed by atoms with Crippen LogP contribution < -0.4 is 0 Å². The first-order chi connectivity index (χ1) is 11.9. The van der Waals surface area contributed by atoms with E-state index in [1.54, 1.807) is 0 Å². The monoisotopic (exact) mass is 371 g/mol. The van der Waals surface area contributed by atoms with E-state index in [0.29, 0.717) is 0 Å². The highest BCUT2D eigenvalue weighted by Gasteiger charge is 2.32. The van der Waals surface area contributed by atoms with E-state index in [4.69, 9.17) is 5.10 Å². The predicted octanol–water partition coefficient (Wildman–Crippen LogP) is 6.16. The van der Waals surface area contributed by atoms with E-state index < -0.39 is 0 Å². The minimum absolute atomic E-state index is 0.00258. The van der Waals surface area contributed by atoms with Crippen molar-refractivity contribution in [3.8, 4) is 0 Å². The maximum absolute atomic E-state index is 4.81. The summed E-state index contributed by atoms with van der Waals surface area (Å²) in [6.45, 7) is 25.1. The van der Waals surface area contributed by atoms with Crippen molar-refractivity contribution >= 4 is 0 Å². The number of hydrogen-bond acceptors (Lipinski definition) is 1. The molecule has 27 heavy (non-hydrogen) atoms. The highest BCUT2D eigenvalue weighted by atomic mass is 15.3. The summed E-state index contributed by atoms with van der Waals surface area (Å²) in [5, 5.41) is 4.81. The smallest absolute Gasteiger partial charge is 0.0680 e. The molecule has 0 spiro atoms. The number of aromatic nitrogens is 3. The van der Waals surface area contributed by atoms with Gasteiger partial charge in [0.15, 0.2) is 0 Å². The van der Waals surface area contributed by atoms with Crippen LogP contribution in [0.15, 0.2) is 12.1 Å². The van der Waals surface area contributed by atoms with E-state index >= 15 is 0 Å². The van der Waals surface area contributed by atoms with Crippen LogP contribution in [0, 0.1) is 0 Å². The first-order valence-electron chi connectivity index (χ1n) is 10.2. The molecule has 2 heterocycles. The second-order valence-electron chi connectivity index (χ2n) is 11.9. The molecule has 3 nitrogen and oxygen atoms in total. The molecule has 0 unspecified atom stereocenters. The van der Waals surface area contributed by atoms with Crippen LogP contribution in [0.3, 0.4) is 0 Å². The predicted molar refractivity (Wildman–Crippen MR) is 117 cm³/mol. The summed E-state index contributed by atoms with van der Waals surface area (Å²) in [6.07, 6.45) is 0.995. The molecule has 2 aromatic rings. The van der Waals surface area contributed by atoms with Gasteiger partial charge in [-0.3, -0.25) is 4.68 Å². The normalized spacial score (nSPS) is 14.1. The molecule has 0 bridgehead atoms. The van der Waals surface area contributed by atoms with Gasteiger partial charge < -0.3 is 4.98 Å². The second-order valence-corrected chi connectivity index (χ2v) is 11.9. The van der Waals surface area contributed by atoms with E-state index in [2.05, 4.69) is 105 Å². The molecular formula is C24H41N3. The molecule has 3 heteroatoms. The Kier molecular flexibility index (Phi) is 5.27. The average Bonchev–Trinajstić information content (AvgIpc) is 3.00. The van der Waals surface area contributed by atoms with Crippen LogP contribution in [0.1, 0.15) is 105 Å². The van der Waals surface area contributed by atoms with Gasteiger partial charge in [0.25, 0.3) is 0 Å². The van der Waals surface area contributed by atoms with Gasteiger partial charge in [-0.25, -0.2) is 0 Å². The first-order valence-corrected chi connectivity index (χ1v) is 10.2. The summed E-state index contributed by atoms with van der Waals surface area (Å²) in [4.78, 5) is 3.76. The zero-order valence-corrected chi connectivity index (χ0v) is 19.8. The van der Waals surface area contributed by atoms with Gasteiger partial charge in [-0.15, -0.1) is 0 Å². The lowest BCUT2D eigenvalue weighted by molar-refractivity contribution is 0.463. The van der Waals surface area contributed by atoms with Gasteiger partial charge >= 0.3 is 0 Å². The fraction of sp³-hybridized carbons (Fsp3) is 0.708. The molecule has 0 atom stereocenters. The van der Waals surface area contributed by atoms with Crippen LogP contribution in [0.25, 0.3) is 0 Å². The van der Waals surface area contributed by atoms with Crippen molar-refractivity contribution in [2.75, 3.05) is 0 Å². The number of aromatic amines is 1. The van der Waals surface area contributed by atoms with Crippen LogP contribution in [-0.4, -0.2) is 14.8 Å². The summed E-state index contributed by atoms with van der Waals surface area (Å²) in [6, 6.07) is 4.69. The standard InChI is InChI=1S/C24H41N3/c1-21(2,3)17-13-16(20(25-17)23(7,8)9)15-24(10,11)19-14-18(22(4,5)6)26-27(19)12/h13-14,25H,15H2,1-12H3. The molecule has 0 aliphatic carbocycles. The molecule has 0 radical (unpaired) electrons. The Morgan fingerprint density at radius 2 is 1.37 bits per heavy atom. The lowest BCUT2D eigenvalue weighted by Crippen LogP contribution is -2.26. The molecule has 0 saturated heterocycles. The summed E-state index contributed by atoms with van der Waals surface area (Å²) < 4.78 is 2.08. The van der Waals surface area contributed by atoms with E-state index in [9.17, 15) is 0 Å². The summed E-state index contributed by atoms with van der Waals surface area (Å²) in [7, 11) is 2.08. The Hall–Kier alpha value is -1.51. The fourth-order valence-corrected chi connectivity index (χ4v) is 3.74. The van der Waals surface area contributed by atoms with E-state index in [1.807, 2.05) is 0 Å². The van der Waals surface area contributed by atoms with Crippen molar-refractivity contribution in [2.24, 2.45) is 7.05 Å². The highest BCUT2D eigenvalue weighted by molar-refractivity contribution is 5.37. The second kappa shape index (κ2) is 6.53. The third kappa shape index (κ3) is 4.67. The molecule has 2 rings (SSSR count). The zero-order chi connectivity index (χ0) is 21.0. The van der Waals surface area contributed by atoms with Crippen molar-refractivity contribution in [1.29, 1.82) is 0 Å². The van der Waals surface area contributed by atoms with Crippen molar-refractivity contribution in [1.82, 2.24) is 14.8 Å². The number of aryl methyl sites for hydroxylation is 1. The lowest BCUT2D eigenvalue weighted by Gasteiger charge is -2.27. The van der Waals surface area contributed by atoms with Crippen LogP contribution in [-0.2, 0) is 35.1 Å². The molecule has 0 aromatic carbocycles. The van der Waals surface area contributed by atoms with Crippen molar-refractivity contribution < 1.29 is 0 Å². The Bertz CT molecular complexity index is 796. The fourth-order valence-electron chi connectivity index (χ4n) is 3.74. The third-order valence-corrected chi connectivity index (χ3v) is 5.43. The van der Waals surface area contributed by atoms with Gasteiger partial charge in [0.2, 0.25) is 0 Å². The van der Waals surface area contributed by atoms with E-state index in [-0.39, 0.29) is 21.7 Å². The van der Waals surface area contributed by atoms with Gasteiger partial charge in [0, 0.05) is 45.8 Å². The van der Waals surface area contributed by atoms with Gasteiger partial charge in [0.1, 0.15) is 0 Å². The minimum Gasteiger partial charge on any atom is -0.361 e. The van der Waals surface area contributed by atoms with Crippen LogP contribution >= 0.6 is 0 Å². The maximum atomic E-state index is 4.81. The Morgan fingerprint density at radius 3 is 1.78 bits per heavy atom. The first kappa shape index (κ1) is 21.8. The largest absolute Gasteiger partial charge is 0.361 e. The number of hydrogen-bond donors (Lipinski definition) is 1. The Balaban J connectivity index is 2.49. The topological polar surface area (TPSA) is 33.6 Å². The van der Waals surface area contributed by atoms with Crippen LogP contribution in [0.5, 0.6) is 0 Å². The molecule has 0 aliphatic heterocycles. The van der Waals surface area contributed by atoms with Crippen molar-refractivity contribution in [3.05, 3.63) is 40.5 Å². The van der Waals surface area contributed by atoms with Crippen LogP contribution in [0.4, 0.5) is 0 Å². The quantitative estimate of drug-likeness (QED) is 0.688. The maximum Gasteiger partial charge on any atom is 0.0680 e. The minimum atomic E-state index is 0.00258. The van der Waals surface area contributed by atoms with Gasteiger partial charge in [-0.2, -0.15) is 5.10 Å². The highest BCUT2D eigenvalue weighted by Crippen LogP contribution is 2.36. The summed E-state index contributed by atoms with van der Waals surface area (Å²) in [5.41, 5.74) is 6.85. The number of nitrogens with zero attached hydrogens (tertiary/aromatic N) is 2. The molecule has 0 aliphatic rings. The molecule has 0 saturated carbocycles. The van der Waals surface area contributed by atoms with Gasteiger partial charge in [-0.1, -0.05) is 76.2 Å². The molecule has 1 N–H and O–H groups in total. The molecule has 2 aromatic heterocycles. The van der Waals surface area contributed by atoms with Gasteiger partial charge in [0.05, 0.1) is 5.69 Å². The number of nitrogens with one attached hydrogen (secondary N) is 1. The lowest BCUT2D eigenvalue weighted by atomic mass is 9.78.